The van der Waals surface area contributed by atoms with Crippen molar-refractivity contribution in [1.82, 2.24) is 9.38 Å². The lowest BCUT2D eigenvalue weighted by molar-refractivity contribution is 0.282. The molecule has 79 heavy (non-hydrogen) atoms. The van der Waals surface area contributed by atoms with Crippen LogP contribution in [-0.2, 0) is 37.0 Å². The van der Waals surface area contributed by atoms with Crippen LogP contribution in [0.3, 0.4) is 0 Å². The first-order valence-electron chi connectivity index (χ1n) is 23.7. The van der Waals surface area contributed by atoms with Crippen LogP contribution in [0.25, 0.3) is 16.7 Å². The predicted octanol–water partition coefficient (Wildman–Crippen LogP) is 13.5. The van der Waals surface area contributed by atoms with Crippen molar-refractivity contribution in [3.05, 3.63) is 117 Å². The minimum Gasteiger partial charge on any atom is -0.493 e. The molecule has 7 rings (SSSR count). The van der Waals surface area contributed by atoms with Crippen molar-refractivity contribution in [2.75, 3.05) is 35.4 Å². The van der Waals surface area contributed by atoms with Gasteiger partial charge < -0.3 is 14.9 Å². The first-order chi connectivity index (χ1) is 37.4. The van der Waals surface area contributed by atoms with Gasteiger partial charge in [-0.25, -0.2) is 4.98 Å². The van der Waals surface area contributed by atoms with E-state index in [1.165, 1.54) is 34.0 Å². The number of aromatic nitrogens is 2. The van der Waals surface area contributed by atoms with E-state index >= 15 is 0 Å². The third-order valence-corrected chi connectivity index (χ3v) is 16.5. The Morgan fingerprint density at radius 3 is 1.66 bits per heavy atom. The third kappa shape index (κ3) is 16.4. The number of aromatic hydroxyl groups is 1. The van der Waals surface area contributed by atoms with Gasteiger partial charge in [-0.1, -0.05) is 17.7 Å². The topological polar surface area (TPSA) is 353 Å². The van der Waals surface area contributed by atoms with Crippen molar-refractivity contribution in [3.8, 4) is 17.7 Å². The number of aryl methyl sites for hydroxylation is 3. The average molecular weight is 1190 g/mol. The zero-order chi connectivity index (χ0) is 57.2. The number of nitriles is 1. The van der Waals surface area contributed by atoms with E-state index in [0.717, 1.165) is 0 Å². The molecule has 0 radical (unpaired) electrons. The number of aliphatic hydroxyl groups is 1. The fraction of sp³-hybridized carbons (Fsp3) is 0.280. The number of aliphatic hydroxyl groups excluding tert-OH is 1. The van der Waals surface area contributed by atoms with Crippen LogP contribution in [0.1, 0.15) is 52.6 Å². The molecule has 0 saturated heterocycles. The number of thioether (sulfide) groups is 2. The van der Waals surface area contributed by atoms with Gasteiger partial charge in [0.05, 0.1) is 75.6 Å². The number of hydrogen-bond acceptors (Lipinski definition) is 21. The van der Waals surface area contributed by atoms with Gasteiger partial charge in [-0.3, -0.25) is 18.1 Å². The number of azo groups is 4. The van der Waals surface area contributed by atoms with Crippen LogP contribution < -0.4 is 4.74 Å². The highest BCUT2D eigenvalue weighted by atomic mass is 35.5. The Morgan fingerprint density at radius 1 is 0.633 bits per heavy atom. The molecule has 0 atom stereocenters. The monoisotopic (exact) mass is 1190 g/mol. The average Bonchev–Trinajstić information content (AvgIpc) is 4.06. The summed E-state index contributed by atoms with van der Waals surface area (Å²) in [4.78, 5) is 5.62. The number of rotatable bonds is 24. The van der Waals surface area contributed by atoms with Crippen LogP contribution in [0, 0.1) is 39.0 Å². The number of fused-ring (bicyclic) bond motifs is 3. The van der Waals surface area contributed by atoms with Gasteiger partial charge in [-0.05, 0) is 147 Å². The zero-order valence-electron chi connectivity index (χ0n) is 42.5. The number of pyridine rings is 1. The van der Waals surface area contributed by atoms with Gasteiger partial charge in [-0.15, -0.1) is 44.0 Å². The Bertz CT molecular complexity index is 3980. The van der Waals surface area contributed by atoms with E-state index in [4.69, 9.17) is 16.3 Å². The predicted molar refractivity (Wildman–Crippen MR) is 301 cm³/mol. The van der Waals surface area contributed by atoms with E-state index in [9.17, 15) is 54.4 Å². The number of ether oxygens (including phenoxy) is 1. The summed E-state index contributed by atoms with van der Waals surface area (Å²) in [5.41, 5.74) is 6.20. The summed E-state index contributed by atoms with van der Waals surface area (Å²) in [6, 6.07) is 23.8. The number of imidazole rings is 1. The smallest absolute Gasteiger partial charge is 0.264 e. The zero-order valence-corrected chi connectivity index (χ0v) is 47.3. The first kappa shape index (κ1) is 59.9. The molecule has 29 heteroatoms. The van der Waals surface area contributed by atoms with Crippen LogP contribution in [0.15, 0.2) is 130 Å². The van der Waals surface area contributed by atoms with Crippen molar-refractivity contribution >= 4 is 128 Å². The minimum absolute atomic E-state index is 0.0497. The van der Waals surface area contributed by atoms with Crippen molar-refractivity contribution in [3.63, 3.8) is 0 Å². The molecule has 0 saturated carbocycles. The van der Waals surface area contributed by atoms with E-state index in [-0.39, 0.29) is 77.8 Å². The lowest BCUT2D eigenvalue weighted by atomic mass is 10.1. The second-order valence-electron chi connectivity index (χ2n) is 17.6. The van der Waals surface area contributed by atoms with Crippen molar-refractivity contribution in [1.29, 1.82) is 5.26 Å². The molecule has 2 heterocycles. The fourth-order valence-corrected chi connectivity index (χ4v) is 11.4. The standard InChI is InChI=1S/C50H50ClN11O12S5/c1-29-20-41(58-61-48-32(4)36(27-52)49-53-37-13-8-33(28-63)23-44(37)62(49)50(48)64)45(74-14-5-17-77(65,66)67)24-38(29)56-59-42-22-31(3)40(26-47(42)76-16-7-19-79(71,72)73)57-60-43-21-30(2)39(55-54-35-11-9-34(51)10-12-35)25-46(43)75-15-6-18-78(68,69)70/h8-13,20-26,63-64H,5-7,14-19,28H2,1-4H3,(H,65,66,67)(H,68,69,70)(H,71,72,73). The van der Waals surface area contributed by atoms with Gasteiger partial charge in [0.2, 0.25) is 5.88 Å². The molecule has 2 aromatic heterocycles. The Labute approximate surface area is 467 Å². The highest BCUT2D eigenvalue weighted by Gasteiger charge is 2.22. The van der Waals surface area contributed by atoms with E-state index in [0.29, 0.717) is 82.3 Å². The summed E-state index contributed by atoms with van der Waals surface area (Å²) in [6.45, 7) is 6.35. The lowest BCUT2D eigenvalue weighted by Crippen LogP contribution is -2.08. The highest BCUT2D eigenvalue weighted by Crippen LogP contribution is 2.44. The van der Waals surface area contributed by atoms with E-state index in [1.54, 1.807) is 93.6 Å². The van der Waals surface area contributed by atoms with Crippen LogP contribution in [0.2, 0.25) is 5.02 Å². The highest BCUT2D eigenvalue weighted by molar-refractivity contribution is 7.99. The molecular weight excluding hydrogens is 1140 g/mol. The van der Waals surface area contributed by atoms with E-state index in [1.807, 2.05) is 6.92 Å². The van der Waals surface area contributed by atoms with Gasteiger partial charge in [0.15, 0.2) is 11.3 Å². The number of benzene rings is 5. The van der Waals surface area contributed by atoms with E-state index in [2.05, 4.69) is 52.0 Å². The molecule has 7 aromatic rings. The first-order valence-corrected chi connectivity index (χ1v) is 30.9. The Kier molecular flexibility index (Phi) is 19.7. The van der Waals surface area contributed by atoms with Gasteiger partial charge in [0.25, 0.3) is 30.4 Å². The van der Waals surface area contributed by atoms with Gasteiger partial charge in [0.1, 0.15) is 23.1 Å². The molecule has 0 spiro atoms. The number of hydrogen-bond donors (Lipinski definition) is 5. The van der Waals surface area contributed by atoms with E-state index < -0.39 is 53.5 Å². The molecule has 414 valence electrons. The summed E-state index contributed by atoms with van der Waals surface area (Å²) in [5.74, 6) is -1.38. The quantitative estimate of drug-likeness (QED) is 0.0162. The molecule has 0 fully saturated rings. The van der Waals surface area contributed by atoms with Gasteiger partial charge in [0, 0.05) is 26.4 Å². The summed E-state index contributed by atoms with van der Waals surface area (Å²) in [6.07, 6.45) is 0.0892. The maximum Gasteiger partial charge on any atom is 0.264 e. The summed E-state index contributed by atoms with van der Waals surface area (Å²) in [5, 5.41) is 68.0. The SMILES string of the molecule is Cc1cc(N=Nc2cc(SCCCS(=O)(=O)O)c(N=Nc3cc(OCCCS(=O)(=O)O)c(N=Nc4c(C)c(C#N)c5nc6ccc(CO)cc6n5c4O)cc3C)cc2C)c(SCCCS(=O)(=O)O)cc1N=Nc1ccc(Cl)cc1. The van der Waals surface area contributed by atoms with Crippen molar-refractivity contribution in [2.24, 2.45) is 40.9 Å². The summed E-state index contributed by atoms with van der Waals surface area (Å²) < 4.78 is 105. The molecule has 5 N–H and O–H groups in total. The Morgan fingerprint density at radius 2 is 1.13 bits per heavy atom. The largest absolute Gasteiger partial charge is 0.493 e. The molecule has 0 amide bonds. The third-order valence-electron chi connectivity index (χ3n) is 11.5. The van der Waals surface area contributed by atoms with Gasteiger partial charge >= 0.3 is 0 Å². The molecule has 0 bridgehead atoms. The minimum atomic E-state index is -4.33. The molecule has 0 aliphatic rings. The molecule has 5 aromatic carbocycles. The van der Waals surface area contributed by atoms with Crippen molar-refractivity contribution < 1.29 is 53.9 Å². The second kappa shape index (κ2) is 26.0. The molecule has 0 unspecified atom stereocenters. The molecule has 0 aliphatic heterocycles. The van der Waals surface area contributed by atoms with Crippen LogP contribution in [-0.4, -0.2) is 93.9 Å². The Balaban J connectivity index is 1.25. The molecule has 23 nitrogen and oxygen atoms in total. The fourth-order valence-electron chi connectivity index (χ4n) is 7.51. The lowest BCUT2D eigenvalue weighted by Gasteiger charge is -2.12. The molecular formula is C50H50ClN11O12S5. The van der Waals surface area contributed by atoms with Crippen LogP contribution >= 0.6 is 35.1 Å². The normalized spacial score (nSPS) is 12.6. The Hall–Kier alpha value is -6.78. The second-order valence-corrected chi connectivity index (χ2v) is 25.0. The van der Waals surface area contributed by atoms with Crippen LogP contribution in [0.4, 0.5) is 45.5 Å². The van der Waals surface area contributed by atoms with Crippen LogP contribution in [0.5, 0.6) is 11.6 Å². The summed E-state index contributed by atoms with van der Waals surface area (Å²) >= 11 is 8.53. The maximum absolute atomic E-state index is 11.6. The van der Waals surface area contributed by atoms with Crippen molar-refractivity contribution in [2.45, 2.75) is 63.4 Å². The maximum atomic E-state index is 11.6. The molecule has 0 aliphatic carbocycles. The number of halogens is 1. The van der Waals surface area contributed by atoms with Gasteiger partial charge in [-0.2, -0.15) is 51.0 Å². The number of nitrogens with zero attached hydrogens (tertiary/aromatic N) is 11. The summed E-state index contributed by atoms with van der Waals surface area (Å²) in [7, 11) is -12.8.